The van der Waals surface area contributed by atoms with Crippen LogP contribution in [0, 0.1) is 11.8 Å². The van der Waals surface area contributed by atoms with Gasteiger partial charge in [-0.2, -0.15) is 0 Å². The predicted molar refractivity (Wildman–Crippen MR) is 151 cm³/mol. The van der Waals surface area contributed by atoms with E-state index < -0.39 is 69.6 Å². The highest BCUT2D eigenvalue weighted by Crippen LogP contribution is 2.54. The number of anilines is 1. The lowest BCUT2D eigenvalue weighted by Crippen LogP contribution is -2.65. The fourth-order valence-corrected chi connectivity index (χ4v) is 6.34. The number of fused-ring (bicyclic) bond motifs is 3. The van der Waals surface area contributed by atoms with Crippen LogP contribution in [-0.4, -0.2) is 101 Å². The van der Waals surface area contributed by atoms with Gasteiger partial charge in [-0.3, -0.25) is 24.1 Å². The first-order valence-electron chi connectivity index (χ1n) is 13.3. The van der Waals surface area contributed by atoms with Gasteiger partial charge in [0.05, 0.1) is 23.7 Å². The Hall–Kier alpha value is -3.74. The number of carbonyl (C=O) groups excluding carboxylic acids is 4. The van der Waals surface area contributed by atoms with E-state index in [1.165, 1.54) is 4.90 Å². The number of nitrogens with one attached hydrogen (secondary N) is 1. The second-order valence-corrected chi connectivity index (χ2v) is 12.5. The van der Waals surface area contributed by atoms with Crippen molar-refractivity contribution in [3.63, 3.8) is 0 Å². The third kappa shape index (κ3) is 4.59. The van der Waals surface area contributed by atoms with E-state index in [9.17, 15) is 39.6 Å². The number of carbonyl (C=O) groups is 4. The molecule has 0 aromatic heterocycles. The van der Waals surface area contributed by atoms with Crippen molar-refractivity contribution in [2.75, 3.05) is 39.6 Å². The molecule has 1 aromatic rings. The molecule has 0 unspecified atom stereocenters. The summed E-state index contributed by atoms with van der Waals surface area (Å²) in [5, 5.41) is 48.7. The fourth-order valence-electron chi connectivity index (χ4n) is 6.34. The minimum atomic E-state index is -2.73. The quantitative estimate of drug-likeness (QED) is 0.207. The number of hydrogen-bond donors (Lipinski definition) is 6. The lowest BCUT2D eigenvalue weighted by molar-refractivity contribution is -0.153. The largest absolute Gasteiger partial charge is 0.508 e. The monoisotopic (exact) mass is 570 g/mol. The Kier molecular flexibility index (Phi) is 7.35. The maximum atomic E-state index is 14.0. The highest BCUT2D eigenvalue weighted by Gasteiger charge is 2.64. The second-order valence-electron chi connectivity index (χ2n) is 12.5. The van der Waals surface area contributed by atoms with Crippen molar-refractivity contribution >= 4 is 34.7 Å². The lowest BCUT2D eigenvalue weighted by atomic mass is 9.57. The molecule has 3 aliphatic carbocycles. The van der Waals surface area contributed by atoms with Crippen molar-refractivity contribution in [3.05, 3.63) is 39.7 Å². The third-order valence-electron chi connectivity index (χ3n) is 8.26. The molecule has 1 fully saturated rings. The van der Waals surface area contributed by atoms with E-state index in [2.05, 4.69) is 5.32 Å². The van der Waals surface area contributed by atoms with Gasteiger partial charge in [-0.15, -0.1) is 0 Å². The average Bonchev–Trinajstić information content (AvgIpc) is 2.83. The summed E-state index contributed by atoms with van der Waals surface area (Å²) in [6, 6.07) is 0.380. The Balaban J connectivity index is 1.95. The standard InChI is InChI=1S/C29H38N4O8/c1-28(2,3)31-11-17(34)14-10-16(32(4)5)13-8-12-9-15-21(33(6)7)24(37)20(27(30)40)26(39)29(15,41)25(38)18(12)23(36)19(13)22(14)35/h10,12,15,21,31,35-36,39,41H,8-9,11H2,1-7H3,(H2,30,40)/t12-,15-,21-,29-/m0/s1. The number of rotatable bonds is 6. The Morgan fingerprint density at radius 3 is 2.24 bits per heavy atom. The summed E-state index contributed by atoms with van der Waals surface area (Å²) in [4.78, 5) is 55.8. The number of hydrogen-bond acceptors (Lipinski definition) is 11. The van der Waals surface area contributed by atoms with Gasteiger partial charge in [0.15, 0.2) is 17.2 Å². The molecule has 12 heteroatoms. The highest BCUT2D eigenvalue weighted by atomic mass is 16.3. The third-order valence-corrected chi connectivity index (χ3v) is 8.26. The van der Waals surface area contributed by atoms with E-state index >= 15 is 0 Å². The molecule has 222 valence electrons. The number of Topliss-reactive ketones (excluding diaryl/α,β-unsaturated/α-hetero) is 3. The van der Waals surface area contributed by atoms with Crippen molar-refractivity contribution in [3.8, 4) is 5.75 Å². The molecule has 0 bridgehead atoms. The van der Waals surface area contributed by atoms with E-state index in [4.69, 9.17) is 5.73 Å². The zero-order valence-corrected chi connectivity index (χ0v) is 24.3. The minimum Gasteiger partial charge on any atom is -0.508 e. The summed E-state index contributed by atoms with van der Waals surface area (Å²) in [5.41, 5.74) is 1.96. The van der Waals surface area contributed by atoms with Gasteiger partial charge in [0.2, 0.25) is 5.78 Å². The maximum Gasteiger partial charge on any atom is 0.255 e. The van der Waals surface area contributed by atoms with E-state index in [1.807, 2.05) is 20.8 Å². The molecule has 0 heterocycles. The molecule has 0 saturated heterocycles. The van der Waals surface area contributed by atoms with Crippen LogP contribution in [0.3, 0.4) is 0 Å². The number of benzene rings is 1. The summed E-state index contributed by atoms with van der Waals surface area (Å²) >= 11 is 0. The highest BCUT2D eigenvalue weighted by molar-refractivity contribution is 6.24. The number of aliphatic hydroxyl groups excluding tert-OH is 2. The van der Waals surface area contributed by atoms with Gasteiger partial charge >= 0.3 is 0 Å². The van der Waals surface area contributed by atoms with Crippen molar-refractivity contribution in [1.82, 2.24) is 10.2 Å². The first kappa shape index (κ1) is 30.2. The molecule has 12 nitrogen and oxygen atoms in total. The molecule has 41 heavy (non-hydrogen) atoms. The van der Waals surface area contributed by atoms with E-state index in [0.717, 1.165) is 0 Å². The van der Waals surface area contributed by atoms with Gasteiger partial charge in [-0.05, 0) is 65.3 Å². The number of primary amides is 1. The normalized spacial score (nSPS) is 26.1. The van der Waals surface area contributed by atoms with E-state index in [-0.39, 0.29) is 41.6 Å². The number of nitrogens with two attached hydrogens (primary N) is 1. The molecule has 1 saturated carbocycles. The zero-order valence-electron chi connectivity index (χ0n) is 24.3. The summed E-state index contributed by atoms with van der Waals surface area (Å²) in [6.45, 7) is 5.55. The number of aromatic hydroxyl groups is 1. The molecule has 1 amide bonds. The van der Waals surface area contributed by atoms with Crippen molar-refractivity contribution in [2.45, 2.75) is 50.8 Å². The predicted octanol–water partition coefficient (Wildman–Crippen LogP) is 0.601. The number of ketones is 3. The molecule has 0 radical (unpaired) electrons. The van der Waals surface area contributed by atoms with Gasteiger partial charge in [0, 0.05) is 36.8 Å². The summed E-state index contributed by atoms with van der Waals surface area (Å²) < 4.78 is 0. The Bertz CT molecular complexity index is 1430. The number of aliphatic hydroxyl groups is 3. The molecule has 0 spiro atoms. The Morgan fingerprint density at radius 1 is 1.12 bits per heavy atom. The zero-order chi connectivity index (χ0) is 30.9. The van der Waals surface area contributed by atoms with Gasteiger partial charge in [0.1, 0.15) is 22.8 Å². The summed E-state index contributed by atoms with van der Waals surface area (Å²) in [5.74, 6) is -7.83. The molecule has 4 rings (SSSR count). The fraction of sp³-hybridized carbons (Fsp3) is 0.517. The number of phenols is 1. The van der Waals surface area contributed by atoms with Crippen LogP contribution < -0.4 is 16.0 Å². The Labute approximate surface area is 238 Å². The van der Waals surface area contributed by atoms with Gasteiger partial charge in [-0.1, -0.05) is 0 Å². The van der Waals surface area contributed by atoms with Crippen LogP contribution in [0.15, 0.2) is 23.0 Å². The summed E-state index contributed by atoms with van der Waals surface area (Å²) in [6.07, 6.45) is 0.111. The van der Waals surface area contributed by atoms with Crippen LogP contribution in [0.4, 0.5) is 5.69 Å². The minimum absolute atomic E-state index is 0.0183. The average molecular weight is 571 g/mol. The van der Waals surface area contributed by atoms with Crippen LogP contribution in [0.25, 0.3) is 5.76 Å². The molecule has 7 N–H and O–H groups in total. The first-order chi connectivity index (χ1) is 18.8. The van der Waals surface area contributed by atoms with E-state index in [0.29, 0.717) is 11.3 Å². The number of amides is 1. The van der Waals surface area contributed by atoms with Crippen LogP contribution >= 0.6 is 0 Å². The van der Waals surface area contributed by atoms with Crippen LogP contribution in [0.2, 0.25) is 0 Å². The first-order valence-corrected chi connectivity index (χ1v) is 13.3. The number of phenolic OH excluding ortho intramolecular Hbond substituents is 1. The van der Waals surface area contributed by atoms with Gasteiger partial charge in [0.25, 0.3) is 5.91 Å². The van der Waals surface area contributed by atoms with E-state index in [1.54, 1.807) is 39.2 Å². The van der Waals surface area contributed by atoms with Crippen LogP contribution in [0.5, 0.6) is 5.75 Å². The van der Waals surface area contributed by atoms with Crippen molar-refractivity contribution in [2.24, 2.45) is 17.6 Å². The molecule has 4 atom stereocenters. The second kappa shape index (κ2) is 9.97. The summed E-state index contributed by atoms with van der Waals surface area (Å²) in [7, 11) is 6.57. The van der Waals surface area contributed by atoms with Crippen LogP contribution in [0.1, 0.15) is 48.7 Å². The van der Waals surface area contributed by atoms with Crippen molar-refractivity contribution in [1.29, 1.82) is 0 Å². The number of nitrogens with zero attached hydrogens (tertiary/aromatic N) is 2. The molecule has 0 aliphatic heterocycles. The topological polar surface area (TPSA) is 194 Å². The molecular weight excluding hydrogens is 532 g/mol. The number of likely N-dealkylation sites (N-methyl/N-ethyl adjacent to an activating group) is 1. The van der Waals surface area contributed by atoms with Crippen LogP contribution in [-0.2, 0) is 20.8 Å². The van der Waals surface area contributed by atoms with Gasteiger partial charge < -0.3 is 36.4 Å². The smallest absolute Gasteiger partial charge is 0.255 e. The molecule has 1 aromatic carbocycles. The molecular formula is C29H38N4O8. The van der Waals surface area contributed by atoms with Gasteiger partial charge in [-0.25, -0.2) is 0 Å². The Morgan fingerprint density at radius 2 is 1.73 bits per heavy atom. The SMILES string of the molecule is CN(C)c1cc(C(=O)CNC(C)(C)C)c(O)c2c1C[C@H]1C[C@H]3[C@H](N(C)C)C(=O)C(C(N)=O)=C(O)[C@@]3(O)C(=O)C1=C2O. The lowest BCUT2D eigenvalue weighted by Gasteiger charge is -2.50. The molecule has 3 aliphatic rings. The van der Waals surface area contributed by atoms with Crippen molar-refractivity contribution < 1.29 is 39.6 Å². The maximum absolute atomic E-state index is 14.0.